The predicted molar refractivity (Wildman–Crippen MR) is 105 cm³/mol. The lowest BCUT2D eigenvalue weighted by Crippen LogP contribution is -2.29. The molecule has 3 N–H and O–H groups in total. The topological polar surface area (TPSA) is 108 Å². The summed E-state index contributed by atoms with van der Waals surface area (Å²) in [5.41, 5.74) is 0.530. The number of halogens is 1. The first-order chi connectivity index (χ1) is 12.8. The van der Waals surface area contributed by atoms with Crippen molar-refractivity contribution in [1.29, 1.82) is 0 Å². The number of pyridine rings is 1. The van der Waals surface area contributed by atoms with Crippen LogP contribution in [-0.4, -0.2) is 29.7 Å². The van der Waals surface area contributed by atoms with Crippen molar-refractivity contribution >= 4 is 38.9 Å². The van der Waals surface area contributed by atoms with Gasteiger partial charge in [0.05, 0.1) is 28.4 Å². The minimum atomic E-state index is -3.53. The van der Waals surface area contributed by atoms with E-state index >= 15 is 0 Å². The number of anilines is 2. The molecule has 1 amide bonds. The maximum absolute atomic E-state index is 12.5. The molecule has 0 unspecified atom stereocenters. The van der Waals surface area contributed by atoms with Crippen molar-refractivity contribution in [1.82, 2.24) is 4.98 Å². The van der Waals surface area contributed by atoms with E-state index in [0.29, 0.717) is 17.9 Å². The Morgan fingerprint density at radius 3 is 2.63 bits per heavy atom. The lowest BCUT2D eigenvalue weighted by molar-refractivity contribution is 0.102. The zero-order chi connectivity index (χ0) is 19.4. The standard InChI is InChI=1S/C18H20ClN3O4S/c19-13-6-7-17(23)16(9-13)21-18(24)12-8-14(11-20-10-12)22-27(25,26)15-4-2-1-3-5-15/h6-11,15,22-23H,1-5H2,(H,21,24). The molecule has 1 aliphatic rings. The zero-order valence-corrected chi connectivity index (χ0v) is 16.1. The quantitative estimate of drug-likeness (QED) is 0.651. The molecule has 1 saturated carbocycles. The summed E-state index contributed by atoms with van der Waals surface area (Å²) in [5, 5.41) is 12.3. The van der Waals surface area contributed by atoms with Gasteiger partial charge in [-0.05, 0) is 37.1 Å². The van der Waals surface area contributed by atoms with Crippen molar-refractivity contribution in [2.45, 2.75) is 37.4 Å². The highest BCUT2D eigenvalue weighted by Gasteiger charge is 2.27. The molecule has 9 heteroatoms. The maximum Gasteiger partial charge on any atom is 0.257 e. The molecule has 0 bridgehead atoms. The summed E-state index contributed by atoms with van der Waals surface area (Å²) in [6.07, 6.45) is 6.79. The third kappa shape index (κ3) is 4.90. The van der Waals surface area contributed by atoms with Gasteiger partial charge in [-0.1, -0.05) is 30.9 Å². The summed E-state index contributed by atoms with van der Waals surface area (Å²) < 4.78 is 27.6. The van der Waals surface area contributed by atoms with E-state index in [1.54, 1.807) is 0 Å². The number of phenols is 1. The molecule has 0 atom stereocenters. The van der Waals surface area contributed by atoms with Crippen LogP contribution in [0.15, 0.2) is 36.7 Å². The average molecular weight is 410 g/mol. The van der Waals surface area contributed by atoms with Gasteiger partial charge in [0.25, 0.3) is 5.91 Å². The van der Waals surface area contributed by atoms with Gasteiger partial charge >= 0.3 is 0 Å². The molecule has 3 rings (SSSR count). The smallest absolute Gasteiger partial charge is 0.257 e. The summed E-state index contributed by atoms with van der Waals surface area (Å²) in [5.74, 6) is -0.673. The summed E-state index contributed by atoms with van der Waals surface area (Å²) in [7, 11) is -3.53. The second-order valence-corrected chi connectivity index (χ2v) is 8.88. The number of carbonyl (C=O) groups excluding carboxylic acids is 1. The van der Waals surface area contributed by atoms with E-state index in [1.165, 1.54) is 36.7 Å². The van der Waals surface area contributed by atoms with Crippen molar-refractivity contribution in [2.75, 3.05) is 10.0 Å². The normalized spacial score (nSPS) is 15.3. The minimum Gasteiger partial charge on any atom is -0.506 e. The first-order valence-corrected chi connectivity index (χ1v) is 10.5. The van der Waals surface area contributed by atoms with Crippen molar-refractivity contribution in [3.8, 4) is 5.75 Å². The van der Waals surface area contributed by atoms with Crippen molar-refractivity contribution < 1.29 is 18.3 Å². The Labute approximate surface area is 162 Å². The Kier molecular flexibility index (Phi) is 5.86. The molecule has 144 valence electrons. The third-order valence-corrected chi connectivity index (χ3v) is 6.56. The van der Waals surface area contributed by atoms with E-state index in [1.807, 2.05) is 0 Å². The van der Waals surface area contributed by atoms with Crippen LogP contribution in [0, 0.1) is 0 Å². The summed E-state index contributed by atoms with van der Waals surface area (Å²) in [6.45, 7) is 0. The fraction of sp³-hybridized carbons (Fsp3) is 0.333. The van der Waals surface area contributed by atoms with Crippen LogP contribution in [0.5, 0.6) is 5.75 Å². The maximum atomic E-state index is 12.5. The third-order valence-electron chi connectivity index (χ3n) is 4.46. The van der Waals surface area contributed by atoms with Crippen molar-refractivity contribution in [3.05, 3.63) is 47.2 Å². The molecule has 0 saturated heterocycles. The highest BCUT2D eigenvalue weighted by Crippen LogP contribution is 2.28. The van der Waals surface area contributed by atoms with E-state index in [2.05, 4.69) is 15.0 Å². The van der Waals surface area contributed by atoms with Crippen LogP contribution in [0.3, 0.4) is 0 Å². The van der Waals surface area contributed by atoms with E-state index in [9.17, 15) is 18.3 Å². The first-order valence-electron chi connectivity index (χ1n) is 8.62. The summed E-state index contributed by atoms with van der Waals surface area (Å²) >= 11 is 5.87. The molecule has 7 nitrogen and oxygen atoms in total. The number of carbonyl (C=O) groups is 1. The number of sulfonamides is 1. The molecule has 1 fully saturated rings. The van der Waals surface area contributed by atoms with Gasteiger partial charge in [-0.25, -0.2) is 8.42 Å². The molecule has 2 aromatic rings. The molecule has 27 heavy (non-hydrogen) atoms. The van der Waals surface area contributed by atoms with Gasteiger partial charge in [-0.2, -0.15) is 0 Å². The van der Waals surface area contributed by atoms with Gasteiger partial charge < -0.3 is 10.4 Å². The van der Waals surface area contributed by atoms with Crippen LogP contribution in [-0.2, 0) is 10.0 Å². The number of rotatable bonds is 5. The molecule has 0 aliphatic heterocycles. The second kappa shape index (κ2) is 8.14. The van der Waals surface area contributed by atoms with Crippen molar-refractivity contribution in [3.63, 3.8) is 0 Å². The van der Waals surface area contributed by atoms with E-state index in [0.717, 1.165) is 19.3 Å². The minimum absolute atomic E-state index is 0.130. The number of hydrogen-bond acceptors (Lipinski definition) is 5. The first kappa shape index (κ1) is 19.4. The van der Waals surface area contributed by atoms with Gasteiger partial charge in [0.15, 0.2) is 0 Å². The summed E-state index contributed by atoms with van der Waals surface area (Å²) in [4.78, 5) is 16.4. The number of amides is 1. The zero-order valence-electron chi connectivity index (χ0n) is 14.5. The van der Waals surface area contributed by atoms with Crippen LogP contribution in [0.25, 0.3) is 0 Å². The Hall–Kier alpha value is -2.32. The largest absolute Gasteiger partial charge is 0.506 e. The number of aromatic hydroxyl groups is 1. The molecular weight excluding hydrogens is 390 g/mol. The number of hydrogen-bond donors (Lipinski definition) is 3. The van der Waals surface area contributed by atoms with Crippen molar-refractivity contribution in [2.24, 2.45) is 0 Å². The lowest BCUT2D eigenvalue weighted by atomic mass is 10.0. The highest BCUT2D eigenvalue weighted by molar-refractivity contribution is 7.93. The van der Waals surface area contributed by atoms with E-state index in [4.69, 9.17) is 11.6 Å². The van der Waals surface area contributed by atoms with Gasteiger partial charge in [0, 0.05) is 11.2 Å². The molecule has 1 heterocycles. The van der Waals surface area contributed by atoms with Crippen LogP contribution in [0.1, 0.15) is 42.5 Å². The van der Waals surface area contributed by atoms with Gasteiger partial charge in [0.2, 0.25) is 10.0 Å². The number of nitrogens with one attached hydrogen (secondary N) is 2. The monoisotopic (exact) mass is 409 g/mol. The van der Waals surface area contributed by atoms with Crippen LogP contribution in [0.4, 0.5) is 11.4 Å². The number of nitrogens with zero attached hydrogens (tertiary/aromatic N) is 1. The molecule has 1 aliphatic carbocycles. The fourth-order valence-electron chi connectivity index (χ4n) is 3.05. The molecule has 1 aromatic carbocycles. The predicted octanol–water partition coefficient (Wildman–Crippen LogP) is 3.77. The van der Waals surface area contributed by atoms with Crippen LogP contribution >= 0.6 is 11.6 Å². The number of phenolic OH excluding ortho intramolecular Hbond substituents is 1. The number of aromatic nitrogens is 1. The van der Waals surface area contributed by atoms with Gasteiger partial charge in [-0.15, -0.1) is 0 Å². The Bertz CT molecular complexity index is 943. The van der Waals surface area contributed by atoms with Gasteiger partial charge in [-0.3, -0.25) is 14.5 Å². The van der Waals surface area contributed by atoms with Crippen LogP contribution in [0.2, 0.25) is 5.02 Å². The summed E-state index contributed by atoms with van der Waals surface area (Å²) in [6, 6.07) is 5.68. The molecule has 0 radical (unpaired) electrons. The molecular formula is C18H20ClN3O4S. The van der Waals surface area contributed by atoms with Gasteiger partial charge in [0.1, 0.15) is 5.75 Å². The Morgan fingerprint density at radius 1 is 1.15 bits per heavy atom. The van der Waals surface area contributed by atoms with E-state index < -0.39 is 21.2 Å². The highest BCUT2D eigenvalue weighted by atomic mass is 35.5. The SMILES string of the molecule is O=C(Nc1cc(Cl)ccc1O)c1cncc(NS(=O)(=O)C2CCCCC2)c1. The second-order valence-electron chi connectivity index (χ2n) is 6.48. The Morgan fingerprint density at radius 2 is 1.89 bits per heavy atom. The van der Waals surface area contributed by atoms with E-state index in [-0.39, 0.29) is 22.7 Å². The average Bonchev–Trinajstić information content (AvgIpc) is 2.65. The molecule has 0 spiro atoms. The van der Waals surface area contributed by atoms with Crippen LogP contribution < -0.4 is 10.0 Å². The number of benzene rings is 1. The molecule has 1 aromatic heterocycles. The Balaban J connectivity index is 1.74. The fourth-order valence-corrected chi connectivity index (χ4v) is 4.78. The lowest BCUT2D eigenvalue weighted by Gasteiger charge is -2.22.